The van der Waals surface area contributed by atoms with Gasteiger partial charge in [0, 0.05) is 13.1 Å². The van der Waals surface area contributed by atoms with Gasteiger partial charge in [0.25, 0.3) is 5.91 Å². The Kier molecular flexibility index (Phi) is 21.9. The van der Waals surface area contributed by atoms with E-state index in [1.807, 2.05) is 0 Å². The van der Waals surface area contributed by atoms with E-state index in [0.717, 1.165) is 37.0 Å². The minimum atomic E-state index is -0.695. The van der Waals surface area contributed by atoms with Crippen LogP contribution in [0, 0.1) is 6.92 Å². The molecule has 8 heteroatoms. The molecule has 1 aromatic heterocycles. The predicted octanol–water partition coefficient (Wildman–Crippen LogP) is 10.7. The molecule has 3 amide bonds. The van der Waals surface area contributed by atoms with Gasteiger partial charge in [0.1, 0.15) is 10.6 Å². The summed E-state index contributed by atoms with van der Waals surface area (Å²) < 4.78 is 5.62. The molecular formula is C36H65N3O4S. The third-order valence-corrected chi connectivity index (χ3v) is 9.02. The van der Waals surface area contributed by atoms with Gasteiger partial charge in [0.15, 0.2) is 0 Å². The maximum absolute atomic E-state index is 13.1. The fraction of sp³-hybridized carbons (Fsp3) is 0.806. The standard InChI is InChI=1S/C36H65N3O4S/c1-7-9-11-13-15-16-17-18-19-20-21-22-24-26-28-38-35(42)39-33-30(34(41)43-36(4,5)6)29(3)31(44-33)32(40)37-27-25-23-14-12-10-8-2/h7-28H2,1-6H3,(H,37,40)(H2,38,39,42). The van der Waals surface area contributed by atoms with Crippen LogP contribution >= 0.6 is 11.3 Å². The lowest BCUT2D eigenvalue weighted by molar-refractivity contribution is 0.00705. The Morgan fingerprint density at radius 2 is 1.05 bits per heavy atom. The third kappa shape index (κ3) is 18.7. The lowest BCUT2D eigenvalue weighted by Gasteiger charge is -2.20. The van der Waals surface area contributed by atoms with Crippen molar-refractivity contribution < 1.29 is 19.1 Å². The maximum Gasteiger partial charge on any atom is 0.341 e. The minimum absolute atomic E-state index is 0.221. The summed E-state index contributed by atoms with van der Waals surface area (Å²) in [5.41, 5.74) is 0.0901. The molecule has 0 aliphatic rings. The molecule has 0 atom stereocenters. The number of carbonyl (C=O) groups excluding carboxylic acids is 3. The largest absolute Gasteiger partial charge is 0.456 e. The molecule has 0 bridgehead atoms. The van der Waals surface area contributed by atoms with E-state index in [-0.39, 0.29) is 17.5 Å². The van der Waals surface area contributed by atoms with Crippen LogP contribution in [0.2, 0.25) is 0 Å². The van der Waals surface area contributed by atoms with Crippen LogP contribution in [0.3, 0.4) is 0 Å². The summed E-state index contributed by atoms with van der Waals surface area (Å²) in [7, 11) is 0. The smallest absolute Gasteiger partial charge is 0.341 e. The molecule has 3 N–H and O–H groups in total. The van der Waals surface area contributed by atoms with E-state index in [4.69, 9.17) is 4.74 Å². The van der Waals surface area contributed by atoms with E-state index in [0.29, 0.717) is 28.5 Å². The van der Waals surface area contributed by atoms with Crippen molar-refractivity contribution in [3.8, 4) is 0 Å². The topological polar surface area (TPSA) is 96.5 Å². The molecule has 1 heterocycles. The highest BCUT2D eigenvalue weighted by atomic mass is 32.1. The Morgan fingerprint density at radius 1 is 0.636 bits per heavy atom. The Labute approximate surface area is 273 Å². The molecule has 254 valence electrons. The molecule has 1 aromatic rings. The number of ether oxygens (including phenoxy) is 1. The van der Waals surface area contributed by atoms with E-state index < -0.39 is 11.6 Å². The fourth-order valence-electron chi connectivity index (χ4n) is 5.25. The van der Waals surface area contributed by atoms with Crippen molar-refractivity contribution in [2.24, 2.45) is 0 Å². The average molecular weight is 636 g/mol. The minimum Gasteiger partial charge on any atom is -0.456 e. The molecule has 0 unspecified atom stereocenters. The SMILES string of the molecule is CCCCCCCCCCCCCCCCNC(=O)Nc1sc(C(=O)NCCCCCCCC)c(C)c1C(=O)OC(C)(C)C. The summed E-state index contributed by atoms with van der Waals surface area (Å²) >= 11 is 1.13. The fourth-order valence-corrected chi connectivity index (χ4v) is 6.36. The Morgan fingerprint density at radius 3 is 1.48 bits per heavy atom. The molecule has 0 aliphatic heterocycles. The van der Waals surface area contributed by atoms with Crippen LogP contribution < -0.4 is 16.0 Å². The Balaban J connectivity index is 2.46. The number of nitrogens with one attached hydrogen (secondary N) is 3. The van der Waals surface area contributed by atoms with Gasteiger partial charge in [-0.25, -0.2) is 9.59 Å². The normalized spacial score (nSPS) is 11.4. The average Bonchev–Trinajstić information content (AvgIpc) is 3.29. The van der Waals surface area contributed by atoms with Gasteiger partial charge in [0.05, 0.1) is 10.4 Å². The molecule has 0 spiro atoms. The summed E-state index contributed by atoms with van der Waals surface area (Å²) in [5.74, 6) is -0.759. The molecule has 1 rings (SSSR count). The maximum atomic E-state index is 13.1. The van der Waals surface area contributed by atoms with Crippen LogP contribution in [-0.2, 0) is 4.74 Å². The summed E-state index contributed by atoms with van der Waals surface area (Å²) in [6.07, 6.45) is 24.9. The monoisotopic (exact) mass is 635 g/mol. The van der Waals surface area contributed by atoms with E-state index in [1.165, 1.54) is 103 Å². The first kappa shape index (κ1) is 39.9. The number of amides is 3. The summed E-state index contributed by atoms with van der Waals surface area (Å²) in [5, 5.41) is 9.07. The van der Waals surface area contributed by atoms with Crippen LogP contribution in [0.5, 0.6) is 0 Å². The molecule has 0 aliphatic carbocycles. The number of esters is 1. The number of rotatable bonds is 25. The van der Waals surface area contributed by atoms with Crippen LogP contribution in [-0.4, -0.2) is 36.6 Å². The number of carbonyl (C=O) groups is 3. The molecule has 0 fully saturated rings. The van der Waals surface area contributed by atoms with Crippen molar-refractivity contribution in [1.82, 2.24) is 10.6 Å². The first-order valence-corrected chi connectivity index (χ1v) is 18.6. The quantitative estimate of drug-likeness (QED) is 0.0735. The van der Waals surface area contributed by atoms with Crippen LogP contribution in [0.25, 0.3) is 0 Å². The third-order valence-electron chi connectivity index (χ3n) is 7.81. The number of urea groups is 1. The second-order valence-corrected chi connectivity index (χ2v) is 14.3. The van der Waals surface area contributed by atoms with Gasteiger partial charge in [-0.1, -0.05) is 129 Å². The van der Waals surface area contributed by atoms with E-state index in [1.54, 1.807) is 27.7 Å². The molecule has 0 saturated heterocycles. The predicted molar refractivity (Wildman–Crippen MR) is 187 cm³/mol. The number of unbranched alkanes of at least 4 members (excludes halogenated alkanes) is 18. The van der Waals surface area contributed by atoms with Gasteiger partial charge >= 0.3 is 12.0 Å². The number of thiophene rings is 1. The zero-order valence-electron chi connectivity index (χ0n) is 29.1. The van der Waals surface area contributed by atoms with E-state index in [9.17, 15) is 14.4 Å². The van der Waals surface area contributed by atoms with Crippen LogP contribution in [0.1, 0.15) is 189 Å². The van der Waals surface area contributed by atoms with Crippen LogP contribution in [0.15, 0.2) is 0 Å². The lowest BCUT2D eigenvalue weighted by atomic mass is 10.0. The van der Waals surface area contributed by atoms with Crippen molar-refractivity contribution >= 4 is 34.2 Å². The first-order valence-electron chi connectivity index (χ1n) is 17.8. The number of anilines is 1. The molecule has 44 heavy (non-hydrogen) atoms. The van der Waals surface area contributed by atoms with Crippen molar-refractivity contribution in [3.05, 3.63) is 16.0 Å². The van der Waals surface area contributed by atoms with Gasteiger partial charge in [-0.2, -0.15) is 0 Å². The first-order chi connectivity index (χ1) is 21.1. The summed E-state index contributed by atoms with van der Waals surface area (Å²) in [4.78, 5) is 39.3. The van der Waals surface area contributed by atoms with Crippen LogP contribution in [0.4, 0.5) is 9.80 Å². The molecule has 0 aromatic carbocycles. The van der Waals surface area contributed by atoms with E-state index >= 15 is 0 Å². The van der Waals surface area contributed by atoms with Gasteiger partial charge in [0.2, 0.25) is 0 Å². The second-order valence-electron chi connectivity index (χ2n) is 13.3. The highest BCUT2D eigenvalue weighted by molar-refractivity contribution is 7.18. The van der Waals surface area contributed by atoms with Gasteiger partial charge < -0.3 is 15.4 Å². The highest BCUT2D eigenvalue weighted by Crippen LogP contribution is 2.34. The van der Waals surface area contributed by atoms with Gasteiger partial charge in [-0.3, -0.25) is 10.1 Å². The Bertz CT molecular complexity index is 939. The molecule has 0 saturated carbocycles. The highest BCUT2D eigenvalue weighted by Gasteiger charge is 2.29. The van der Waals surface area contributed by atoms with Crippen molar-refractivity contribution in [2.75, 3.05) is 18.4 Å². The zero-order valence-corrected chi connectivity index (χ0v) is 29.9. The zero-order chi connectivity index (χ0) is 32.6. The second kappa shape index (κ2) is 24.2. The van der Waals surface area contributed by atoms with Gasteiger partial charge in [-0.05, 0) is 46.1 Å². The Hall–Kier alpha value is -2.09. The number of hydrogen-bond donors (Lipinski definition) is 3. The summed E-state index contributed by atoms with van der Waals surface area (Å²) in [6, 6.07) is -0.371. The van der Waals surface area contributed by atoms with E-state index in [2.05, 4.69) is 29.8 Å². The molecule has 7 nitrogen and oxygen atoms in total. The van der Waals surface area contributed by atoms with Gasteiger partial charge in [-0.15, -0.1) is 11.3 Å². The molecular weight excluding hydrogens is 570 g/mol. The molecule has 0 radical (unpaired) electrons. The summed E-state index contributed by atoms with van der Waals surface area (Å²) in [6.45, 7) is 12.8. The van der Waals surface area contributed by atoms with Crippen molar-refractivity contribution in [2.45, 2.75) is 176 Å². The number of hydrogen-bond acceptors (Lipinski definition) is 5. The van der Waals surface area contributed by atoms with Crippen molar-refractivity contribution in [1.29, 1.82) is 0 Å². The lowest BCUT2D eigenvalue weighted by Crippen LogP contribution is -2.30. The van der Waals surface area contributed by atoms with Crippen molar-refractivity contribution in [3.63, 3.8) is 0 Å².